The molecule has 2 aliphatic heterocycles. The van der Waals surface area contributed by atoms with Gasteiger partial charge in [0.05, 0.1) is 13.2 Å². The second kappa shape index (κ2) is 6.73. The number of rotatable bonds is 4. The van der Waals surface area contributed by atoms with Gasteiger partial charge in [-0.2, -0.15) is 0 Å². The molecule has 5 nitrogen and oxygen atoms in total. The van der Waals surface area contributed by atoms with Crippen molar-refractivity contribution in [1.29, 1.82) is 0 Å². The zero-order valence-corrected chi connectivity index (χ0v) is 14.1. The molecule has 0 bridgehead atoms. The number of amides is 1. The fourth-order valence-electron chi connectivity index (χ4n) is 4.43. The standard InChI is InChI=1S/C19H26N2O3/c22-18(16-13-24-17-6-2-1-5-15(16)17)20-14-19(7-3-4-8-19)21-9-11-23-12-10-21/h1-2,5-6,16H,3-4,7-14H2,(H,20,22)/t16-/m0/s1. The zero-order chi connectivity index (χ0) is 16.4. The molecule has 1 saturated heterocycles. The van der Waals surface area contributed by atoms with E-state index >= 15 is 0 Å². The number of hydrogen-bond acceptors (Lipinski definition) is 4. The van der Waals surface area contributed by atoms with Crippen LogP contribution in [-0.2, 0) is 9.53 Å². The van der Waals surface area contributed by atoms with Crippen molar-refractivity contribution in [2.24, 2.45) is 0 Å². The van der Waals surface area contributed by atoms with Crippen LogP contribution in [0.5, 0.6) is 5.75 Å². The number of ether oxygens (including phenoxy) is 2. The summed E-state index contributed by atoms with van der Waals surface area (Å²) in [5.74, 6) is 0.769. The maximum atomic E-state index is 12.8. The number of benzene rings is 1. The third-order valence-corrected chi connectivity index (χ3v) is 5.82. The number of para-hydroxylation sites is 1. The maximum absolute atomic E-state index is 12.8. The first kappa shape index (κ1) is 15.9. The molecule has 1 atom stereocenters. The monoisotopic (exact) mass is 330 g/mol. The van der Waals surface area contributed by atoms with E-state index in [4.69, 9.17) is 9.47 Å². The molecule has 0 aromatic heterocycles. The molecule has 1 saturated carbocycles. The van der Waals surface area contributed by atoms with Gasteiger partial charge in [0.25, 0.3) is 0 Å². The van der Waals surface area contributed by atoms with Gasteiger partial charge in [-0.05, 0) is 18.9 Å². The van der Waals surface area contributed by atoms with Gasteiger partial charge < -0.3 is 14.8 Å². The Morgan fingerprint density at radius 3 is 2.75 bits per heavy atom. The summed E-state index contributed by atoms with van der Waals surface area (Å²) >= 11 is 0. The van der Waals surface area contributed by atoms with Crippen LogP contribution in [0.15, 0.2) is 24.3 Å². The van der Waals surface area contributed by atoms with Gasteiger partial charge in [-0.15, -0.1) is 0 Å². The molecule has 2 fully saturated rings. The average molecular weight is 330 g/mol. The lowest BCUT2D eigenvalue weighted by molar-refractivity contribution is -0.123. The van der Waals surface area contributed by atoms with Gasteiger partial charge in [-0.25, -0.2) is 0 Å². The molecule has 1 aromatic carbocycles. The summed E-state index contributed by atoms with van der Waals surface area (Å²) in [6.45, 7) is 4.76. The van der Waals surface area contributed by atoms with Gasteiger partial charge in [-0.3, -0.25) is 9.69 Å². The minimum Gasteiger partial charge on any atom is -0.492 e. The Labute approximate surface area is 143 Å². The van der Waals surface area contributed by atoms with Crippen LogP contribution in [0.25, 0.3) is 0 Å². The molecule has 0 unspecified atom stereocenters. The Hall–Kier alpha value is -1.59. The van der Waals surface area contributed by atoms with Crippen molar-refractivity contribution in [3.8, 4) is 5.75 Å². The van der Waals surface area contributed by atoms with Crippen molar-refractivity contribution in [2.75, 3.05) is 39.5 Å². The van der Waals surface area contributed by atoms with E-state index in [0.29, 0.717) is 6.61 Å². The lowest BCUT2D eigenvalue weighted by Crippen LogP contribution is -2.57. The number of nitrogens with zero attached hydrogens (tertiary/aromatic N) is 1. The summed E-state index contributed by atoms with van der Waals surface area (Å²) in [7, 11) is 0. The molecular weight excluding hydrogens is 304 g/mol. The van der Waals surface area contributed by atoms with E-state index in [0.717, 1.165) is 44.2 Å². The van der Waals surface area contributed by atoms with Gasteiger partial charge in [-0.1, -0.05) is 31.0 Å². The number of hydrogen-bond donors (Lipinski definition) is 1. The van der Waals surface area contributed by atoms with Crippen molar-refractivity contribution >= 4 is 5.91 Å². The number of nitrogens with one attached hydrogen (secondary N) is 1. The van der Waals surface area contributed by atoms with Crippen LogP contribution in [0.4, 0.5) is 0 Å². The van der Waals surface area contributed by atoms with Gasteiger partial charge in [0, 0.05) is 30.7 Å². The van der Waals surface area contributed by atoms with E-state index in [1.54, 1.807) is 0 Å². The minimum absolute atomic E-state index is 0.0967. The Balaban J connectivity index is 1.42. The molecule has 0 radical (unpaired) electrons. The van der Waals surface area contributed by atoms with E-state index in [9.17, 15) is 4.79 Å². The van der Waals surface area contributed by atoms with Gasteiger partial charge in [0.2, 0.25) is 5.91 Å². The van der Waals surface area contributed by atoms with E-state index in [1.807, 2.05) is 24.3 Å². The second-order valence-corrected chi connectivity index (χ2v) is 7.15. The maximum Gasteiger partial charge on any atom is 0.231 e. The molecule has 5 heteroatoms. The summed E-state index contributed by atoms with van der Waals surface area (Å²) in [5.41, 5.74) is 1.14. The summed E-state index contributed by atoms with van der Waals surface area (Å²) in [6, 6.07) is 7.86. The number of fused-ring (bicyclic) bond motifs is 1. The number of carbonyl (C=O) groups is 1. The van der Waals surface area contributed by atoms with Crippen LogP contribution < -0.4 is 10.1 Å². The topological polar surface area (TPSA) is 50.8 Å². The van der Waals surface area contributed by atoms with Crippen LogP contribution in [0, 0.1) is 0 Å². The third-order valence-electron chi connectivity index (χ3n) is 5.82. The third kappa shape index (κ3) is 2.91. The van der Waals surface area contributed by atoms with Crippen LogP contribution in [0.2, 0.25) is 0 Å². The number of carbonyl (C=O) groups excluding carboxylic acids is 1. The van der Waals surface area contributed by atoms with Gasteiger partial charge >= 0.3 is 0 Å². The first-order chi connectivity index (χ1) is 11.8. The highest BCUT2D eigenvalue weighted by Gasteiger charge is 2.41. The van der Waals surface area contributed by atoms with Gasteiger partial charge in [0.15, 0.2) is 0 Å². The fourth-order valence-corrected chi connectivity index (χ4v) is 4.43. The smallest absolute Gasteiger partial charge is 0.231 e. The predicted octanol–water partition coefficient (Wildman–Crippen LogP) is 1.92. The molecule has 1 amide bonds. The molecule has 4 rings (SSSR count). The quantitative estimate of drug-likeness (QED) is 0.916. The predicted molar refractivity (Wildman–Crippen MR) is 91.3 cm³/mol. The Morgan fingerprint density at radius 1 is 1.21 bits per heavy atom. The highest BCUT2D eigenvalue weighted by atomic mass is 16.5. The number of morpholine rings is 1. The highest BCUT2D eigenvalue weighted by Crippen LogP contribution is 2.36. The van der Waals surface area contributed by atoms with Crippen LogP contribution >= 0.6 is 0 Å². The van der Waals surface area contributed by atoms with Crippen LogP contribution in [0.1, 0.15) is 37.2 Å². The average Bonchev–Trinajstić information content (AvgIpc) is 3.28. The van der Waals surface area contributed by atoms with Crippen molar-refractivity contribution in [3.63, 3.8) is 0 Å². The molecule has 24 heavy (non-hydrogen) atoms. The summed E-state index contributed by atoms with van der Waals surface area (Å²) in [6.07, 6.45) is 4.85. The van der Waals surface area contributed by atoms with Crippen LogP contribution in [-0.4, -0.2) is 55.8 Å². The SMILES string of the molecule is O=C(NCC1(N2CCOCC2)CCCC1)[C@H]1COc2ccccc21. The molecular formula is C19H26N2O3. The largest absolute Gasteiger partial charge is 0.492 e. The molecule has 1 aromatic rings. The molecule has 2 heterocycles. The first-order valence-electron chi connectivity index (χ1n) is 9.11. The molecule has 1 N–H and O–H groups in total. The normalized spacial score (nSPS) is 25.9. The minimum atomic E-state index is -0.177. The summed E-state index contributed by atoms with van der Waals surface area (Å²) in [5, 5.41) is 3.24. The lowest BCUT2D eigenvalue weighted by Gasteiger charge is -2.43. The van der Waals surface area contributed by atoms with Crippen LogP contribution in [0.3, 0.4) is 0 Å². The second-order valence-electron chi connectivity index (χ2n) is 7.15. The fraction of sp³-hybridized carbons (Fsp3) is 0.632. The van der Waals surface area contributed by atoms with E-state index in [2.05, 4.69) is 10.2 Å². The summed E-state index contributed by atoms with van der Waals surface area (Å²) in [4.78, 5) is 15.3. The summed E-state index contributed by atoms with van der Waals surface area (Å²) < 4.78 is 11.2. The van der Waals surface area contributed by atoms with Crippen molar-refractivity contribution in [1.82, 2.24) is 10.2 Å². The van der Waals surface area contributed by atoms with Crippen molar-refractivity contribution in [2.45, 2.75) is 37.1 Å². The van der Waals surface area contributed by atoms with E-state index < -0.39 is 0 Å². The van der Waals surface area contributed by atoms with E-state index in [-0.39, 0.29) is 17.4 Å². The molecule has 130 valence electrons. The zero-order valence-electron chi connectivity index (χ0n) is 14.1. The van der Waals surface area contributed by atoms with E-state index in [1.165, 1.54) is 25.7 Å². The van der Waals surface area contributed by atoms with Gasteiger partial charge in [0.1, 0.15) is 18.3 Å². The Bertz CT molecular complexity index is 592. The first-order valence-corrected chi connectivity index (χ1v) is 9.11. The molecule has 0 spiro atoms. The molecule has 1 aliphatic carbocycles. The Morgan fingerprint density at radius 2 is 1.96 bits per heavy atom. The van der Waals surface area contributed by atoms with Crippen molar-refractivity contribution in [3.05, 3.63) is 29.8 Å². The van der Waals surface area contributed by atoms with Crippen molar-refractivity contribution < 1.29 is 14.3 Å². The Kier molecular flexibility index (Phi) is 4.46. The lowest BCUT2D eigenvalue weighted by atomic mass is 9.93. The highest BCUT2D eigenvalue weighted by molar-refractivity contribution is 5.85. The molecule has 3 aliphatic rings.